The molecule has 0 aromatic heterocycles. The molecular weight excluding hydrogens is 254 g/mol. The van der Waals surface area contributed by atoms with Gasteiger partial charge in [-0.15, -0.1) is 0 Å². The SMILES string of the molecule is Cc1ccc(Oc2ccc3c(c2)C(O)N(C)C3=O)cc1. The first-order valence-corrected chi connectivity index (χ1v) is 6.40. The third-order valence-electron chi connectivity index (χ3n) is 3.48. The number of fused-ring (bicyclic) bond motifs is 1. The van der Waals surface area contributed by atoms with Crippen molar-refractivity contribution in [1.82, 2.24) is 4.90 Å². The molecule has 2 aromatic carbocycles. The number of aryl methyl sites for hydroxylation is 1. The molecule has 3 rings (SSSR count). The number of aliphatic hydroxyl groups excluding tert-OH is 1. The van der Waals surface area contributed by atoms with Gasteiger partial charge in [0.2, 0.25) is 0 Å². The van der Waals surface area contributed by atoms with E-state index in [0.29, 0.717) is 16.9 Å². The van der Waals surface area contributed by atoms with Crippen LogP contribution in [0.15, 0.2) is 42.5 Å². The van der Waals surface area contributed by atoms with Crippen molar-refractivity contribution in [3.05, 3.63) is 59.2 Å². The van der Waals surface area contributed by atoms with E-state index >= 15 is 0 Å². The van der Waals surface area contributed by atoms with E-state index in [0.717, 1.165) is 11.3 Å². The highest BCUT2D eigenvalue weighted by Gasteiger charge is 2.32. The maximum absolute atomic E-state index is 11.8. The van der Waals surface area contributed by atoms with Crippen LogP contribution in [0.25, 0.3) is 0 Å². The molecule has 0 aliphatic carbocycles. The van der Waals surface area contributed by atoms with Gasteiger partial charge in [0, 0.05) is 18.2 Å². The number of amides is 1. The Hall–Kier alpha value is -2.33. The smallest absolute Gasteiger partial charge is 0.256 e. The first-order chi connectivity index (χ1) is 9.56. The maximum atomic E-state index is 11.8. The third kappa shape index (κ3) is 2.04. The highest BCUT2D eigenvalue weighted by molar-refractivity contribution is 5.98. The van der Waals surface area contributed by atoms with Crippen LogP contribution >= 0.6 is 0 Å². The lowest BCUT2D eigenvalue weighted by Gasteiger charge is -2.14. The summed E-state index contributed by atoms with van der Waals surface area (Å²) < 4.78 is 5.74. The van der Waals surface area contributed by atoms with Crippen LogP contribution in [0.2, 0.25) is 0 Å². The van der Waals surface area contributed by atoms with Gasteiger partial charge in [-0.05, 0) is 37.3 Å². The maximum Gasteiger partial charge on any atom is 0.256 e. The van der Waals surface area contributed by atoms with Crippen molar-refractivity contribution < 1.29 is 14.6 Å². The molecule has 1 heterocycles. The normalized spacial score (nSPS) is 17.2. The summed E-state index contributed by atoms with van der Waals surface area (Å²) in [6.07, 6.45) is -0.904. The summed E-state index contributed by atoms with van der Waals surface area (Å²) in [7, 11) is 1.58. The number of rotatable bonds is 2. The molecule has 1 amide bonds. The predicted octanol–water partition coefficient (Wildman–Crippen LogP) is 2.86. The van der Waals surface area contributed by atoms with Crippen molar-refractivity contribution in [2.75, 3.05) is 7.05 Å². The van der Waals surface area contributed by atoms with Crippen molar-refractivity contribution in [2.24, 2.45) is 0 Å². The molecule has 102 valence electrons. The summed E-state index contributed by atoms with van der Waals surface area (Å²) in [5.41, 5.74) is 2.27. The molecule has 1 N–H and O–H groups in total. The second kappa shape index (κ2) is 4.65. The van der Waals surface area contributed by atoms with Gasteiger partial charge in [0.25, 0.3) is 5.91 Å². The Kier molecular flexibility index (Phi) is 2.95. The standard InChI is InChI=1S/C16H15NO3/c1-10-3-5-11(6-4-10)20-12-7-8-13-14(9-12)16(19)17(2)15(13)18/h3-9,16,19H,1-2H3. The van der Waals surface area contributed by atoms with Gasteiger partial charge in [-0.3, -0.25) is 4.79 Å². The van der Waals surface area contributed by atoms with E-state index in [4.69, 9.17) is 4.74 Å². The van der Waals surface area contributed by atoms with E-state index in [1.54, 1.807) is 25.2 Å². The molecule has 0 spiro atoms. The highest BCUT2D eigenvalue weighted by Crippen LogP contribution is 2.34. The van der Waals surface area contributed by atoms with Crippen LogP contribution in [-0.2, 0) is 0 Å². The van der Waals surface area contributed by atoms with E-state index in [1.807, 2.05) is 31.2 Å². The van der Waals surface area contributed by atoms with Gasteiger partial charge in [-0.25, -0.2) is 0 Å². The Bertz CT molecular complexity index is 664. The van der Waals surface area contributed by atoms with E-state index in [-0.39, 0.29) is 5.91 Å². The minimum Gasteiger partial charge on any atom is -0.457 e. The second-order valence-corrected chi connectivity index (χ2v) is 4.95. The summed E-state index contributed by atoms with van der Waals surface area (Å²) in [4.78, 5) is 13.1. The molecule has 1 aliphatic heterocycles. The molecule has 20 heavy (non-hydrogen) atoms. The number of carbonyl (C=O) groups excluding carboxylic acids is 1. The molecule has 0 radical (unpaired) electrons. The lowest BCUT2D eigenvalue weighted by Crippen LogP contribution is -2.22. The van der Waals surface area contributed by atoms with Crippen LogP contribution in [0.5, 0.6) is 11.5 Å². The number of aliphatic hydroxyl groups is 1. The predicted molar refractivity (Wildman–Crippen MR) is 74.7 cm³/mol. The monoisotopic (exact) mass is 269 g/mol. The van der Waals surface area contributed by atoms with Gasteiger partial charge in [0.05, 0.1) is 0 Å². The number of carbonyl (C=O) groups is 1. The van der Waals surface area contributed by atoms with Gasteiger partial charge in [0.15, 0.2) is 6.23 Å². The van der Waals surface area contributed by atoms with Crippen molar-refractivity contribution in [1.29, 1.82) is 0 Å². The van der Waals surface area contributed by atoms with Crippen molar-refractivity contribution in [3.63, 3.8) is 0 Å². The fraction of sp³-hybridized carbons (Fsp3) is 0.188. The van der Waals surface area contributed by atoms with Crippen LogP contribution in [0.3, 0.4) is 0 Å². The lowest BCUT2D eigenvalue weighted by molar-refractivity contribution is 0.0301. The van der Waals surface area contributed by atoms with Gasteiger partial charge < -0.3 is 14.7 Å². The van der Waals surface area contributed by atoms with Crippen LogP contribution in [0.1, 0.15) is 27.7 Å². The number of hydrogen-bond donors (Lipinski definition) is 1. The topological polar surface area (TPSA) is 49.8 Å². The average molecular weight is 269 g/mol. The number of nitrogens with zero attached hydrogens (tertiary/aromatic N) is 1. The Morgan fingerprint density at radius 1 is 1.10 bits per heavy atom. The lowest BCUT2D eigenvalue weighted by atomic mass is 10.1. The van der Waals surface area contributed by atoms with Crippen LogP contribution in [-0.4, -0.2) is 23.0 Å². The zero-order valence-corrected chi connectivity index (χ0v) is 11.3. The van der Waals surface area contributed by atoms with Gasteiger partial charge in [-0.2, -0.15) is 0 Å². The van der Waals surface area contributed by atoms with Crippen molar-refractivity contribution in [2.45, 2.75) is 13.2 Å². The highest BCUT2D eigenvalue weighted by atomic mass is 16.5. The molecule has 4 heteroatoms. The van der Waals surface area contributed by atoms with Crippen molar-refractivity contribution in [3.8, 4) is 11.5 Å². The average Bonchev–Trinajstić information content (AvgIpc) is 2.66. The van der Waals surface area contributed by atoms with Crippen LogP contribution in [0.4, 0.5) is 0 Å². The molecule has 0 fully saturated rings. The molecule has 0 saturated carbocycles. The molecule has 1 unspecified atom stereocenters. The van der Waals surface area contributed by atoms with Gasteiger partial charge >= 0.3 is 0 Å². The Morgan fingerprint density at radius 2 is 1.75 bits per heavy atom. The largest absolute Gasteiger partial charge is 0.457 e. The summed E-state index contributed by atoms with van der Waals surface area (Å²) in [5, 5.41) is 10.00. The van der Waals surface area contributed by atoms with Gasteiger partial charge in [-0.1, -0.05) is 17.7 Å². The number of benzene rings is 2. The summed E-state index contributed by atoms with van der Waals surface area (Å²) >= 11 is 0. The number of hydrogen-bond acceptors (Lipinski definition) is 3. The molecule has 4 nitrogen and oxygen atoms in total. The Balaban J connectivity index is 1.90. The van der Waals surface area contributed by atoms with Crippen LogP contribution in [0, 0.1) is 6.92 Å². The van der Waals surface area contributed by atoms with E-state index in [9.17, 15) is 9.90 Å². The molecule has 2 aromatic rings. The summed E-state index contributed by atoms with van der Waals surface area (Å²) in [5.74, 6) is 1.16. The molecule has 0 saturated heterocycles. The molecule has 1 aliphatic rings. The third-order valence-corrected chi connectivity index (χ3v) is 3.48. The minimum atomic E-state index is -0.904. The van der Waals surface area contributed by atoms with Crippen LogP contribution < -0.4 is 4.74 Å². The van der Waals surface area contributed by atoms with Gasteiger partial charge in [0.1, 0.15) is 11.5 Å². The zero-order valence-electron chi connectivity index (χ0n) is 11.3. The molecule has 0 bridgehead atoms. The summed E-state index contributed by atoms with van der Waals surface area (Å²) in [6.45, 7) is 2.01. The molecular formula is C16H15NO3. The first-order valence-electron chi connectivity index (χ1n) is 6.40. The fourth-order valence-corrected chi connectivity index (χ4v) is 2.26. The van der Waals surface area contributed by atoms with E-state index in [2.05, 4.69) is 0 Å². The number of ether oxygens (including phenoxy) is 1. The Labute approximate surface area is 117 Å². The summed E-state index contributed by atoms with van der Waals surface area (Å²) in [6, 6.07) is 12.8. The zero-order chi connectivity index (χ0) is 14.3. The van der Waals surface area contributed by atoms with E-state index < -0.39 is 6.23 Å². The first kappa shape index (κ1) is 12.7. The quantitative estimate of drug-likeness (QED) is 0.912. The second-order valence-electron chi connectivity index (χ2n) is 4.95. The fourth-order valence-electron chi connectivity index (χ4n) is 2.26. The minimum absolute atomic E-state index is 0.172. The Morgan fingerprint density at radius 3 is 2.45 bits per heavy atom. The van der Waals surface area contributed by atoms with Crippen molar-refractivity contribution >= 4 is 5.91 Å². The molecule has 1 atom stereocenters. The van der Waals surface area contributed by atoms with E-state index in [1.165, 1.54) is 4.90 Å².